The Labute approximate surface area is 160 Å². The molecule has 1 aromatic heterocycles. The summed E-state index contributed by atoms with van der Waals surface area (Å²) in [6.45, 7) is 2.04. The van der Waals surface area contributed by atoms with E-state index in [1.54, 1.807) is 18.2 Å². The van der Waals surface area contributed by atoms with Crippen molar-refractivity contribution in [3.63, 3.8) is 0 Å². The number of halogens is 1. The van der Waals surface area contributed by atoms with E-state index in [1.807, 2.05) is 13.0 Å². The van der Waals surface area contributed by atoms with E-state index in [2.05, 4.69) is 20.8 Å². The van der Waals surface area contributed by atoms with Crippen molar-refractivity contribution in [3.05, 3.63) is 76.7 Å². The van der Waals surface area contributed by atoms with Crippen molar-refractivity contribution in [1.29, 1.82) is 0 Å². The van der Waals surface area contributed by atoms with Crippen LogP contribution in [0.1, 0.15) is 32.6 Å². The number of nitrogens with zero attached hydrogens (tertiary/aromatic N) is 1. The molecule has 7 nitrogen and oxygen atoms in total. The van der Waals surface area contributed by atoms with E-state index in [9.17, 15) is 17.6 Å². The number of rotatable bonds is 4. The van der Waals surface area contributed by atoms with Gasteiger partial charge in [-0.3, -0.25) is 15.2 Å². The predicted octanol–water partition coefficient (Wildman–Crippen LogP) is 2.69. The summed E-state index contributed by atoms with van der Waals surface area (Å²) in [5.74, 6) is -0.830. The number of sulfone groups is 1. The Morgan fingerprint density at radius 1 is 1.21 bits per heavy atom. The Hall–Kier alpha value is -3.04. The Kier molecular flexibility index (Phi) is 4.48. The van der Waals surface area contributed by atoms with Gasteiger partial charge in [0.2, 0.25) is 0 Å². The normalized spacial score (nSPS) is 16.0. The van der Waals surface area contributed by atoms with E-state index in [4.69, 9.17) is 0 Å². The largest absolute Gasteiger partial charge is 0.305 e. The lowest BCUT2D eigenvalue weighted by Crippen LogP contribution is -2.23. The average molecular weight is 400 g/mol. The maximum Gasteiger partial charge on any atom is 0.256 e. The Morgan fingerprint density at radius 2 is 2.00 bits per heavy atom. The number of aromatic amines is 1. The van der Waals surface area contributed by atoms with Crippen molar-refractivity contribution in [3.8, 4) is 0 Å². The van der Waals surface area contributed by atoms with Gasteiger partial charge in [0.25, 0.3) is 5.91 Å². The van der Waals surface area contributed by atoms with Crippen molar-refractivity contribution in [2.45, 2.75) is 23.7 Å². The van der Waals surface area contributed by atoms with Crippen LogP contribution in [0.5, 0.6) is 0 Å². The zero-order valence-corrected chi connectivity index (χ0v) is 15.7. The van der Waals surface area contributed by atoms with Crippen LogP contribution in [0.25, 0.3) is 0 Å². The number of benzene rings is 2. The van der Waals surface area contributed by atoms with Gasteiger partial charge in [-0.15, -0.1) is 0 Å². The molecule has 1 atom stereocenters. The molecule has 0 aliphatic carbocycles. The van der Waals surface area contributed by atoms with Crippen molar-refractivity contribution in [1.82, 2.24) is 15.5 Å². The number of hydrogen-bond acceptors (Lipinski definition) is 5. The van der Waals surface area contributed by atoms with Crippen LogP contribution in [-0.2, 0) is 16.4 Å². The number of aromatic nitrogens is 2. The summed E-state index contributed by atoms with van der Waals surface area (Å²) in [5, 5.41) is 11.3. The van der Waals surface area contributed by atoms with Gasteiger partial charge >= 0.3 is 0 Å². The zero-order valence-electron chi connectivity index (χ0n) is 14.9. The molecule has 0 bridgehead atoms. The SMILES string of the molecule is Cc1cccc(S(=O)(=O)C2NCc3c(NC(=O)c4cccc(F)c4)n[nH]c32)c1. The third-order valence-corrected chi connectivity index (χ3v) is 6.51. The van der Waals surface area contributed by atoms with Gasteiger partial charge in [0.05, 0.1) is 10.6 Å². The zero-order chi connectivity index (χ0) is 19.9. The van der Waals surface area contributed by atoms with Crippen molar-refractivity contribution < 1.29 is 17.6 Å². The molecule has 1 amide bonds. The van der Waals surface area contributed by atoms with Crippen LogP contribution in [0.3, 0.4) is 0 Å². The fourth-order valence-electron chi connectivity index (χ4n) is 3.18. The molecule has 1 unspecified atom stereocenters. The van der Waals surface area contributed by atoms with Gasteiger partial charge in [0.15, 0.2) is 21.0 Å². The number of anilines is 1. The first-order chi connectivity index (χ1) is 13.4. The van der Waals surface area contributed by atoms with Crippen LogP contribution in [-0.4, -0.2) is 24.5 Å². The number of fused-ring (bicyclic) bond motifs is 1. The van der Waals surface area contributed by atoms with Gasteiger partial charge in [0, 0.05) is 17.7 Å². The summed E-state index contributed by atoms with van der Waals surface area (Å²) >= 11 is 0. The second kappa shape index (κ2) is 6.84. The topological polar surface area (TPSA) is 104 Å². The quantitative estimate of drug-likeness (QED) is 0.625. The molecule has 3 aromatic rings. The van der Waals surface area contributed by atoms with E-state index in [0.29, 0.717) is 11.3 Å². The van der Waals surface area contributed by atoms with E-state index in [-0.39, 0.29) is 22.8 Å². The Morgan fingerprint density at radius 3 is 2.75 bits per heavy atom. The minimum absolute atomic E-state index is 0.145. The third-order valence-electron chi connectivity index (χ3n) is 4.57. The van der Waals surface area contributed by atoms with Crippen LogP contribution in [0.4, 0.5) is 10.2 Å². The molecule has 1 aliphatic rings. The van der Waals surface area contributed by atoms with Gasteiger partial charge in [-0.25, -0.2) is 12.8 Å². The minimum Gasteiger partial charge on any atom is -0.305 e. The van der Waals surface area contributed by atoms with Gasteiger partial charge < -0.3 is 5.32 Å². The third kappa shape index (κ3) is 3.19. The van der Waals surface area contributed by atoms with E-state index in [0.717, 1.165) is 11.6 Å². The van der Waals surface area contributed by atoms with Crippen LogP contribution in [0.15, 0.2) is 53.4 Å². The smallest absolute Gasteiger partial charge is 0.256 e. The van der Waals surface area contributed by atoms with Gasteiger partial charge in [-0.05, 0) is 42.8 Å². The average Bonchev–Trinajstić information content (AvgIpc) is 3.25. The molecule has 9 heteroatoms. The maximum atomic E-state index is 13.3. The highest BCUT2D eigenvalue weighted by molar-refractivity contribution is 7.91. The molecule has 0 spiro atoms. The molecule has 0 saturated carbocycles. The molecule has 0 radical (unpaired) electrons. The summed E-state index contributed by atoms with van der Waals surface area (Å²) < 4.78 is 39.3. The molecule has 3 N–H and O–H groups in total. The standard InChI is InChI=1S/C19H17FN4O3S/c1-11-4-2-7-14(8-11)28(26,27)19-16-15(10-21-19)17(24-23-16)22-18(25)12-5-3-6-13(20)9-12/h2-9,19,21H,10H2,1H3,(H2,22,23,24,25). The summed E-state index contributed by atoms with van der Waals surface area (Å²) in [6.07, 6.45) is 0. The highest BCUT2D eigenvalue weighted by atomic mass is 32.2. The van der Waals surface area contributed by atoms with Crippen LogP contribution in [0, 0.1) is 12.7 Å². The Balaban J connectivity index is 1.61. The highest BCUT2D eigenvalue weighted by Crippen LogP contribution is 2.35. The van der Waals surface area contributed by atoms with Crippen LogP contribution >= 0.6 is 0 Å². The number of aryl methyl sites for hydroxylation is 1. The fraction of sp³-hybridized carbons (Fsp3) is 0.158. The van der Waals surface area contributed by atoms with E-state index in [1.165, 1.54) is 18.2 Å². The fourth-order valence-corrected chi connectivity index (χ4v) is 4.88. The monoisotopic (exact) mass is 400 g/mol. The first-order valence-electron chi connectivity index (χ1n) is 8.54. The van der Waals surface area contributed by atoms with Crippen LogP contribution in [0.2, 0.25) is 0 Å². The Bertz CT molecular complexity index is 1170. The molecular formula is C19H17FN4O3S. The van der Waals surface area contributed by atoms with Crippen molar-refractivity contribution >= 4 is 21.6 Å². The number of nitrogens with one attached hydrogen (secondary N) is 3. The van der Waals surface area contributed by atoms with Gasteiger partial charge in [-0.1, -0.05) is 18.2 Å². The first kappa shape index (κ1) is 18.3. The summed E-state index contributed by atoms with van der Waals surface area (Å²) in [4.78, 5) is 12.5. The number of carbonyl (C=O) groups is 1. The number of amides is 1. The first-order valence-corrected chi connectivity index (χ1v) is 10.1. The molecule has 2 heterocycles. The van der Waals surface area contributed by atoms with Crippen LogP contribution < -0.4 is 10.6 Å². The number of carbonyl (C=O) groups excluding carboxylic acids is 1. The summed E-state index contributed by atoms with van der Waals surface area (Å²) in [6, 6.07) is 11.9. The molecule has 0 saturated heterocycles. The van der Waals surface area contributed by atoms with E-state index < -0.39 is 26.9 Å². The molecule has 4 rings (SSSR count). The molecule has 2 aromatic carbocycles. The molecule has 1 aliphatic heterocycles. The minimum atomic E-state index is -3.69. The maximum absolute atomic E-state index is 13.3. The van der Waals surface area contributed by atoms with Gasteiger partial charge in [0.1, 0.15) is 5.82 Å². The lowest BCUT2D eigenvalue weighted by Gasteiger charge is -2.12. The predicted molar refractivity (Wildman–Crippen MR) is 101 cm³/mol. The molecule has 28 heavy (non-hydrogen) atoms. The van der Waals surface area contributed by atoms with E-state index >= 15 is 0 Å². The summed E-state index contributed by atoms with van der Waals surface area (Å²) in [5.41, 5.74) is 1.93. The number of hydrogen-bond donors (Lipinski definition) is 3. The van der Waals surface area contributed by atoms with Crippen molar-refractivity contribution in [2.24, 2.45) is 0 Å². The second-order valence-corrected chi connectivity index (χ2v) is 8.58. The molecular weight excluding hydrogens is 383 g/mol. The lowest BCUT2D eigenvalue weighted by atomic mass is 10.2. The molecule has 0 fully saturated rings. The molecule has 144 valence electrons. The number of H-pyrrole nitrogens is 1. The van der Waals surface area contributed by atoms with Crippen molar-refractivity contribution in [2.75, 3.05) is 5.32 Å². The second-order valence-electron chi connectivity index (χ2n) is 6.55. The highest BCUT2D eigenvalue weighted by Gasteiger charge is 2.38. The summed E-state index contributed by atoms with van der Waals surface area (Å²) in [7, 11) is -3.69. The van der Waals surface area contributed by atoms with Gasteiger partial charge in [-0.2, -0.15) is 5.10 Å². The lowest BCUT2D eigenvalue weighted by molar-refractivity contribution is 0.102.